The van der Waals surface area contributed by atoms with E-state index in [0.717, 1.165) is 4.57 Å². The summed E-state index contributed by atoms with van der Waals surface area (Å²) in [5.74, 6) is 4.87. The number of aliphatic hydroxyl groups excluding tert-OH is 4. The van der Waals surface area contributed by atoms with Crippen molar-refractivity contribution in [2.75, 3.05) is 13.2 Å². The number of nitrogens with two attached hydrogens (primary N) is 2. The van der Waals surface area contributed by atoms with Crippen molar-refractivity contribution in [2.45, 2.75) is 55.9 Å². The van der Waals surface area contributed by atoms with Gasteiger partial charge in [0, 0.05) is 6.20 Å². The number of H-pyrrole nitrogens is 1. The molecule has 17 nitrogen and oxygen atoms in total. The Kier molecular flexibility index (Phi) is 8.39. The zero-order valence-corrected chi connectivity index (χ0v) is 20.5. The van der Waals surface area contributed by atoms with Gasteiger partial charge in [-0.3, -0.25) is 18.9 Å². The largest absolute Gasteiger partial charge is 0.492 e. The minimum atomic E-state index is -1.11. The van der Waals surface area contributed by atoms with Gasteiger partial charge in [-0.1, -0.05) is 5.92 Å². The van der Waals surface area contributed by atoms with Crippen molar-refractivity contribution in [3.05, 3.63) is 45.3 Å². The molecule has 2 saturated heterocycles. The summed E-state index contributed by atoms with van der Waals surface area (Å²) in [5.41, 5.74) is 11.0. The molecule has 0 spiro atoms. The van der Waals surface area contributed by atoms with E-state index in [4.69, 9.17) is 31.2 Å². The Morgan fingerprint density at radius 2 is 1.59 bits per heavy atom. The predicted molar refractivity (Wildman–Crippen MR) is 131 cm³/mol. The molecule has 0 bridgehead atoms. The lowest BCUT2D eigenvalue weighted by molar-refractivity contribution is -0.0465. The van der Waals surface area contributed by atoms with Crippen molar-refractivity contribution in [2.24, 2.45) is 11.5 Å². The first-order valence-corrected chi connectivity index (χ1v) is 11.7. The number of nitrogens with zero attached hydrogens (tertiary/aromatic N) is 5. The number of aliphatic hydroxyl groups is 4. The van der Waals surface area contributed by atoms with Crippen LogP contribution >= 0.6 is 0 Å². The second kappa shape index (κ2) is 11.6. The summed E-state index contributed by atoms with van der Waals surface area (Å²) in [6, 6.07) is -1.63. The van der Waals surface area contributed by atoms with Crippen molar-refractivity contribution < 1.29 is 35.0 Å². The second-order valence-corrected chi connectivity index (χ2v) is 8.74. The number of ether oxygens (including phenoxy) is 2. The highest BCUT2D eigenvalue weighted by molar-refractivity contribution is 5.75. The lowest BCUT2D eigenvalue weighted by Crippen LogP contribution is -2.43. The normalized spacial score (nSPS) is 30.0. The molecule has 2 aliphatic heterocycles. The fourth-order valence-electron chi connectivity index (χ4n) is 4.26. The van der Waals surface area contributed by atoms with Crippen LogP contribution in [0.3, 0.4) is 0 Å². The third-order valence-corrected chi connectivity index (χ3v) is 6.31. The van der Waals surface area contributed by atoms with Crippen LogP contribution in [0.15, 0.2) is 28.4 Å². The maximum Gasteiger partial charge on any atom is 0.330 e. The predicted octanol–water partition coefficient (Wildman–Crippen LogP) is -4.40. The van der Waals surface area contributed by atoms with E-state index < -0.39 is 66.8 Å². The van der Waals surface area contributed by atoms with E-state index in [9.17, 15) is 24.9 Å². The summed E-state index contributed by atoms with van der Waals surface area (Å²) in [7, 11) is 0. The maximum atomic E-state index is 11.8. The number of aromatic nitrogens is 6. The molecule has 39 heavy (non-hydrogen) atoms. The quantitative estimate of drug-likeness (QED) is 0.143. The van der Waals surface area contributed by atoms with Crippen LogP contribution in [-0.4, -0.2) is 104 Å². The van der Waals surface area contributed by atoms with Crippen molar-refractivity contribution in [3.8, 4) is 17.7 Å². The second-order valence-electron chi connectivity index (χ2n) is 8.74. The Hall–Kier alpha value is -3.73. The highest BCUT2D eigenvalue weighted by atomic mass is 16.6. The average Bonchev–Trinajstić information content (AvgIpc) is 3.56. The highest BCUT2D eigenvalue weighted by Crippen LogP contribution is 2.31. The first-order valence-electron chi connectivity index (χ1n) is 11.7. The molecule has 0 aliphatic carbocycles. The molecule has 10 N–H and O–H groups in total. The fourth-order valence-corrected chi connectivity index (χ4v) is 4.26. The molecule has 0 aromatic carbocycles. The van der Waals surface area contributed by atoms with Crippen molar-refractivity contribution in [1.29, 1.82) is 0 Å². The standard InChI is InChI=1S/C12H15N3O5.C10H13N5O4/c1-2-3-6-4-15(12(19)14-10(6)18)11-8(13)9(17)7(5-16)20-11;11-5-7(17)4(1-16)19-10(5)15-3-14-6-8(15)12-2-13-9(6)18/h4,7-9,11,16-17H,5,13H2,1H3,(H,14,18,19);2-5,7,10,16-17H,1,11H2,(H,12,13,18)/t7-,8-,9-,11-;4-,5-,7-,10-/m11/s1. The Morgan fingerprint density at radius 3 is 2.13 bits per heavy atom. The Balaban J connectivity index is 0.000000181. The molecule has 0 saturated carbocycles. The minimum absolute atomic E-state index is 0.0878. The number of nitrogens with one attached hydrogen (secondary N) is 1. The van der Waals surface area contributed by atoms with Gasteiger partial charge in [0.05, 0.1) is 31.6 Å². The van der Waals surface area contributed by atoms with Crippen LogP contribution in [0.2, 0.25) is 0 Å². The Morgan fingerprint density at radius 1 is 1.00 bits per heavy atom. The topological polar surface area (TPSA) is 270 Å². The third-order valence-electron chi connectivity index (χ3n) is 6.31. The summed E-state index contributed by atoms with van der Waals surface area (Å²) < 4.78 is 13.4. The van der Waals surface area contributed by atoms with Crippen LogP contribution in [-0.2, 0) is 9.47 Å². The zero-order chi connectivity index (χ0) is 28.4. The van der Waals surface area contributed by atoms with E-state index in [1.54, 1.807) is 6.92 Å². The third kappa shape index (κ3) is 5.27. The van der Waals surface area contributed by atoms with E-state index in [1.807, 2.05) is 0 Å². The van der Waals surface area contributed by atoms with E-state index >= 15 is 0 Å². The van der Waals surface area contributed by atoms with Crippen molar-refractivity contribution in [1.82, 2.24) is 29.1 Å². The molecule has 2 fully saturated rings. The van der Waals surface area contributed by atoms with Crippen LogP contribution in [0.4, 0.5) is 0 Å². The van der Waals surface area contributed by atoms with Crippen molar-refractivity contribution >= 4 is 11.2 Å². The van der Waals surface area contributed by atoms with Crippen LogP contribution in [0.1, 0.15) is 24.9 Å². The van der Waals surface area contributed by atoms with Gasteiger partial charge in [-0.15, -0.1) is 5.92 Å². The molecule has 8 atom stereocenters. The Labute approximate surface area is 219 Å². The van der Waals surface area contributed by atoms with Gasteiger partial charge in [-0.25, -0.2) is 14.8 Å². The van der Waals surface area contributed by atoms with Crippen molar-refractivity contribution in [3.63, 3.8) is 0 Å². The number of aromatic amines is 1. The first-order chi connectivity index (χ1) is 18.6. The SMILES string of the molecule is CC#Cc1cn([C@@H]2O[C@H](CO)[C@@H](O)[C@H]2N)c(=O)[nH]c1=O.N[C@@H]1[C@H](O)[C@@H](CO)O[C@H]1n1cnc2c(O)ncnc21. The number of imidazole rings is 1. The summed E-state index contributed by atoms with van der Waals surface area (Å²) >= 11 is 0. The molecular weight excluding hydrogens is 520 g/mol. The van der Waals surface area contributed by atoms with E-state index in [0.29, 0.717) is 5.65 Å². The van der Waals surface area contributed by atoms with Crippen LogP contribution < -0.4 is 22.7 Å². The van der Waals surface area contributed by atoms with Gasteiger partial charge < -0.3 is 46.5 Å². The van der Waals surface area contributed by atoms with Crippen LogP contribution in [0.25, 0.3) is 11.2 Å². The van der Waals surface area contributed by atoms with Gasteiger partial charge in [-0.05, 0) is 6.92 Å². The van der Waals surface area contributed by atoms with Gasteiger partial charge in [0.25, 0.3) is 5.56 Å². The number of hydrogen-bond acceptors (Lipinski definition) is 14. The minimum Gasteiger partial charge on any atom is -0.492 e. The lowest BCUT2D eigenvalue weighted by Gasteiger charge is -2.18. The molecule has 0 amide bonds. The van der Waals surface area contributed by atoms with Gasteiger partial charge in [-0.2, -0.15) is 4.98 Å². The monoisotopic (exact) mass is 548 g/mol. The molecule has 2 aliphatic rings. The summed E-state index contributed by atoms with van der Waals surface area (Å²) in [6.45, 7) is 0.793. The molecule has 5 rings (SSSR count). The van der Waals surface area contributed by atoms with E-state index in [1.165, 1.54) is 23.4 Å². The van der Waals surface area contributed by atoms with Crippen LogP contribution in [0, 0.1) is 11.8 Å². The molecule has 3 aromatic heterocycles. The van der Waals surface area contributed by atoms with Gasteiger partial charge >= 0.3 is 5.69 Å². The molecule has 3 aromatic rings. The number of aromatic hydroxyl groups is 1. The zero-order valence-electron chi connectivity index (χ0n) is 20.5. The van der Waals surface area contributed by atoms with Crippen LogP contribution in [0.5, 0.6) is 5.88 Å². The van der Waals surface area contributed by atoms with Gasteiger partial charge in [0.15, 0.2) is 23.6 Å². The van der Waals surface area contributed by atoms with Gasteiger partial charge in [0.2, 0.25) is 5.88 Å². The number of hydrogen-bond donors (Lipinski definition) is 8. The average molecular weight is 549 g/mol. The van der Waals surface area contributed by atoms with Gasteiger partial charge in [0.1, 0.15) is 36.3 Å². The first kappa shape index (κ1) is 28.3. The summed E-state index contributed by atoms with van der Waals surface area (Å²) in [4.78, 5) is 37.1. The molecule has 17 heteroatoms. The molecule has 210 valence electrons. The fraction of sp³-hybridized carbons (Fsp3) is 0.500. The Bertz CT molecular complexity index is 1490. The maximum absolute atomic E-state index is 11.8. The summed E-state index contributed by atoms with van der Waals surface area (Å²) in [5, 5.41) is 47.3. The molecule has 0 unspecified atom stereocenters. The van der Waals surface area contributed by atoms with E-state index in [2.05, 4.69) is 31.8 Å². The molecule has 0 radical (unpaired) electrons. The highest BCUT2D eigenvalue weighted by Gasteiger charge is 2.43. The lowest BCUT2D eigenvalue weighted by atomic mass is 10.1. The number of rotatable bonds is 4. The smallest absolute Gasteiger partial charge is 0.330 e. The number of fused-ring (bicyclic) bond motifs is 1. The molecular formula is C22H28N8O9. The summed E-state index contributed by atoms with van der Waals surface area (Å²) in [6.07, 6.45) is -1.61. The van der Waals surface area contributed by atoms with E-state index in [-0.39, 0.29) is 23.6 Å². The molecule has 5 heterocycles.